The molecule has 1 saturated heterocycles. The van der Waals surface area contributed by atoms with E-state index in [1.165, 1.54) is 0 Å². The molecule has 174 valence electrons. The van der Waals surface area contributed by atoms with Crippen LogP contribution in [-0.4, -0.2) is 50.4 Å². The Balaban J connectivity index is 1.50. The van der Waals surface area contributed by atoms with Gasteiger partial charge < -0.3 is 15.0 Å². The zero-order valence-corrected chi connectivity index (χ0v) is 20.2. The first-order valence-corrected chi connectivity index (χ1v) is 12.8. The van der Waals surface area contributed by atoms with Crippen molar-refractivity contribution in [2.45, 2.75) is 83.3 Å². The molecule has 7 nitrogen and oxygen atoms in total. The largest absolute Gasteiger partial charge is 0.372 e. The van der Waals surface area contributed by atoms with Crippen molar-refractivity contribution < 1.29 is 17.9 Å². The van der Waals surface area contributed by atoms with Crippen molar-refractivity contribution in [1.29, 1.82) is 0 Å². The zero-order valence-electron chi connectivity index (χ0n) is 19.3. The van der Waals surface area contributed by atoms with Crippen LogP contribution in [0.15, 0.2) is 24.3 Å². The molecule has 2 aliphatic rings. The minimum absolute atomic E-state index is 0.0125. The van der Waals surface area contributed by atoms with E-state index < -0.39 is 14.8 Å². The minimum atomic E-state index is -3.37. The second-order valence-corrected chi connectivity index (χ2v) is 12.4. The molecule has 0 aromatic heterocycles. The molecule has 1 amide bonds. The highest BCUT2D eigenvalue weighted by atomic mass is 32.2. The lowest BCUT2D eigenvalue weighted by molar-refractivity contribution is -0.120. The number of amides is 1. The fourth-order valence-electron chi connectivity index (χ4n) is 4.26. The summed E-state index contributed by atoms with van der Waals surface area (Å²) in [5.74, 6) is -0.0745. The molecule has 0 bridgehead atoms. The van der Waals surface area contributed by atoms with Gasteiger partial charge in [0.15, 0.2) is 0 Å². The highest BCUT2D eigenvalue weighted by Gasteiger charge is 2.34. The SMILES string of the molecule is C[C@@H]1CN(c2ccc(NC(=O)[C@H]3CC[C@@H](NS(=O)(=O)C(C)(C)C)CC3)cc2)C[C@H](C)O1. The van der Waals surface area contributed by atoms with Gasteiger partial charge in [-0.1, -0.05) is 0 Å². The number of rotatable bonds is 5. The number of ether oxygens (including phenoxy) is 1. The van der Waals surface area contributed by atoms with E-state index in [1.807, 2.05) is 24.3 Å². The summed E-state index contributed by atoms with van der Waals surface area (Å²) in [7, 11) is -3.37. The van der Waals surface area contributed by atoms with E-state index >= 15 is 0 Å². The van der Waals surface area contributed by atoms with Crippen molar-refractivity contribution in [3.05, 3.63) is 24.3 Å². The smallest absolute Gasteiger partial charge is 0.227 e. The molecule has 0 spiro atoms. The molecule has 1 aliphatic carbocycles. The molecule has 2 atom stereocenters. The Hall–Kier alpha value is -1.64. The summed E-state index contributed by atoms with van der Waals surface area (Å²) in [5.41, 5.74) is 1.92. The van der Waals surface area contributed by atoms with Gasteiger partial charge in [-0.3, -0.25) is 4.79 Å². The van der Waals surface area contributed by atoms with Crippen LogP contribution in [0.25, 0.3) is 0 Å². The van der Waals surface area contributed by atoms with Gasteiger partial charge in [0, 0.05) is 36.4 Å². The van der Waals surface area contributed by atoms with E-state index in [4.69, 9.17) is 4.74 Å². The molecule has 3 rings (SSSR count). The lowest BCUT2D eigenvalue weighted by atomic mass is 9.86. The molecule has 1 aromatic rings. The number of morpholine rings is 1. The standard InChI is InChI=1S/C23H37N3O4S/c1-16-14-26(15-17(2)30-16)21-12-10-19(11-13-21)24-22(27)18-6-8-20(9-7-18)25-31(28,29)23(3,4)5/h10-13,16-18,20,25H,6-9,14-15H2,1-5H3,(H,24,27)/t16-,17+,18-,20+. The van der Waals surface area contributed by atoms with Crippen molar-refractivity contribution in [2.75, 3.05) is 23.3 Å². The monoisotopic (exact) mass is 451 g/mol. The van der Waals surface area contributed by atoms with Gasteiger partial charge >= 0.3 is 0 Å². The van der Waals surface area contributed by atoms with Gasteiger partial charge in [-0.05, 0) is 84.6 Å². The lowest BCUT2D eigenvalue weighted by Crippen LogP contribution is -2.46. The van der Waals surface area contributed by atoms with Gasteiger partial charge in [0.05, 0.1) is 17.0 Å². The summed E-state index contributed by atoms with van der Waals surface area (Å²) >= 11 is 0. The number of hydrogen-bond donors (Lipinski definition) is 2. The van der Waals surface area contributed by atoms with Crippen LogP contribution >= 0.6 is 0 Å². The quantitative estimate of drug-likeness (QED) is 0.715. The second kappa shape index (κ2) is 9.46. The van der Waals surface area contributed by atoms with Gasteiger partial charge in [0.1, 0.15) is 0 Å². The molecule has 1 aromatic carbocycles. The lowest BCUT2D eigenvalue weighted by Gasteiger charge is -2.37. The molecule has 2 fully saturated rings. The highest BCUT2D eigenvalue weighted by molar-refractivity contribution is 7.90. The van der Waals surface area contributed by atoms with Crippen LogP contribution in [0.3, 0.4) is 0 Å². The molecule has 31 heavy (non-hydrogen) atoms. The Morgan fingerprint density at radius 2 is 1.55 bits per heavy atom. The Bertz CT molecular complexity index is 846. The summed E-state index contributed by atoms with van der Waals surface area (Å²) in [5, 5.41) is 3.03. The molecular formula is C23H37N3O4S. The third-order valence-electron chi connectivity index (χ3n) is 6.15. The third-order valence-corrected chi connectivity index (χ3v) is 8.40. The predicted octanol–water partition coefficient (Wildman–Crippen LogP) is 3.52. The fraction of sp³-hybridized carbons (Fsp3) is 0.696. The van der Waals surface area contributed by atoms with Crippen LogP contribution in [0.4, 0.5) is 11.4 Å². The van der Waals surface area contributed by atoms with Crippen LogP contribution in [0, 0.1) is 5.92 Å². The van der Waals surface area contributed by atoms with Gasteiger partial charge in [-0.15, -0.1) is 0 Å². The first-order valence-electron chi connectivity index (χ1n) is 11.3. The van der Waals surface area contributed by atoms with Gasteiger partial charge in [0.2, 0.25) is 15.9 Å². The van der Waals surface area contributed by atoms with Crippen molar-refractivity contribution in [2.24, 2.45) is 5.92 Å². The number of benzene rings is 1. The van der Waals surface area contributed by atoms with E-state index in [0.29, 0.717) is 25.7 Å². The number of nitrogens with zero attached hydrogens (tertiary/aromatic N) is 1. The zero-order chi connectivity index (χ0) is 22.8. The van der Waals surface area contributed by atoms with Crippen LogP contribution in [0.5, 0.6) is 0 Å². The number of anilines is 2. The van der Waals surface area contributed by atoms with Crippen LogP contribution < -0.4 is 14.9 Å². The molecular weight excluding hydrogens is 414 g/mol. The van der Waals surface area contributed by atoms with Gasteiger partial charge in [-0.2, -0.15) is 0 Å². The molecule has 1 saturated carbocycles. The first kappa shape index (κ1) is 24.0. The van der Waals surface area contributed by atoms with Crippen molar-refractivity contribution >= 4 is 27.3 Å². The maximum absolute atomic E-state index is 12.7. The minimum Gasteiger partial charge on any atom is -0.372 e. The van der Waals surface area contributed by atoms with E-state index in [2.05, 4.69) is 28.8 Å². The Kier molecular flexibility index (Phi) is 7.33. The van der Waals surface area contributed by atoms with E-state index in [1.54, 1.807) is 20.8 Å². The van der Waals surface area contributed by atoms with Crippen molar-refractivity contribution in [3.8, 4) is 0 Å². The van der Waals surface area contributed by atoms with E-state index in [9.17, 15) is 13.2 Å². The first-order chi connectivity index (χ1) is 14.4. The van der Waals surface area contributed by atoms with E-state index in [-0.39, 0.29) is 30.1 Å². The average Bonchev–Trinajstić information content (AvgIpc) is 2.67. The maximum atomic E-state index is 12.7. The molecule has 0 unspecified atom stereocenters. The second-order valence-electron chi connectivity index (χ2n) is 9.98. The Morgan fingerprint density at radius 1 is 1.00 bits per heavy atom. The van der Waals surface area contributed by atoms with Crippen LogP contribution in [0.2, 0.25) is 0 Å². The topological polar surface area (TPSA) is 87.7 Å². The van der Waals surface area contributed by atoms with E-state index in [0.717, 1.165) is 24.5 Å². The van der Waals surface area contributed by atoms with Crippen LogP contribution in [-0.2, 0) is 19.6 Å². The average molecular weight is 452 g/mol. The highest BCUT2D eigenvalue weighted by Crippen LogP contribution is 2.28. The summed E-state index contributed by atoms with van der Waals surface area (Å²) < 4.78 is 32.5. The fourth-order valence-corrected chi connectivity index (χ4v) is 5.29. The molecule has 1 aliphatic heterocycles. The van der Waals surface area contributed by atoms with Crippen LogP contribution in [0.1, 0.15) is 60.3 Å². The summed E-state index contributed by atoms with van der Waals surface area (Å²) in [4.78, 5) is 15.0. The third kappa shape index (κ3) is 6.20. The number of carbonyl (C=O) groups is 1. The predicted molar refractivity (Wildman–Crippen MR) is 125 cm³/mol. The summed E-state index contributed by atoms with van der Waals surface area (Å²) in [6, 6.07) is 7.88. The molecule has 2 N–H and O–H groups in total. The summed E-state index contributed by atoms with van der Waals surface area (Å²) in [6.45, 7) is 11.0. The normalized spacial score (nSPS) is 27.7. The molecule has 1 heterocycles. The van der Waals surface area contributed by atoms with Gasteiger partial charge in [0.25, 0.3) is 0 Å². The Morgan fingerprint density at radius 3 is 2.06 bits per heavy atom. The molecule has 8 heteroatoms. The van der Waals surface area contributed by atoms with Crippen molar-refractivity contribution in [3.63, 3.8) is 0 Å². The van der Waals surface area contributed by atoms with Crippen molar-refractivity contribution in [1.82, 2.24) is 4.72 Å². The maximum Gasteiger partial charge on any atom is 0.227 e. The number of carbonyl (C=O) groups excluding carboxylic acids is 1. The van der Waals surface area contributed by atoms with Gasteiger partial charge in [-0.25, -0.2) is 13.1 Å². The number of hydrogen-bond acceptors (Lipinski definition) is 5. The molecule has 0 radical (unpaired) electrons. The number of nitrogens with one attached hydrogen (secondary N) is 2. The number of sulfonamides is 1. The Labute approximate surface area is 187 Å². The summed E-state index contributed by atoms with van der Waals surface area (Å²) in [6.07, 6.45) is 3.13.